The normalized spacial score (nSPS) is 12.6. The summed E-state index contributed by atoms with van der Waals surface area (Å²) in [4.78, 5) is 6.19. The second kappa shape index (κ2) is 16.0. The van der Waals surface area contributed by atoms with E-state index in [0.717, 1.165) is 60.7 Å². The zero-order chi connectivity index (χ0) is 44.6. The van der Waals surface area contributed by atoms with Crippen molar-refractivity contribution in [2.24, 2.45) is 0 Å². The van der Waals surface area contributed by atoms with Crippen LogP contribution in [0.3, 0.4) is 0 Å². The molecule has 0 amide bonds. The molecule has 2 nitrogen and oxygen atoms in total. The molecule has 0 aliphatic rings. The molecule has 0 aliphatic heterocycles. The first-order valence-electron chi connectivity index (χ1n) is 16.1. The number of rotatable bonds is 0. The Kier molecular flexibility index (Phi) is 11.9. The van der Waals surface area contributed by atoms with E-state index in [0.29, 0.717) is 24.3 Å². The van der Waals surface area contributed by atoms with Crippen LogP contribution < -0.4 is 0 Å². The van der Waals surface area contributed by atoms with E-state index < -0.39 is 104 Å². The van der Waals surface area contributed by atoms with Crippen LogP contribution in [0.4, 0.5) is 79.0 Å². The van der Waals surface area contributed by atoms with E-state index in [2.05, 4.69) is 33.6 Å². The van der Waals surface area contributed by atoms with Crippen LogP contribution in [0.1, 0.15) is 55.9 Å². The first-order chi connectivity index (χ1) is 27.6. The van der Waals surface area contributed by atoms with Crippen LogP contribution in [0, 0.1) is 23.7 Å². The van der Waals surface area contributed by atoms with Crippen molar-refractivity contribution in [3.63, 3.8) is 0 Å². The molecule has 0 radical (unpaired) electrons. The lowest BCUT2D eigenvalue weighted by molar-refractivity contribution is -0.142. The average Bonchev–Trinajstić information content (AvgIpc) is 3.13. The highest BCUT2D eigenvalue weighted by Gasteiger charge is 2.39. The smallest absolute Gasteiger partial charge is 0.243 e. The van der Waals surface area contributed by atoms with Crippen molar-refractivity contribution < 1.29 is 79.0 Å². The van der Waals surface area contributed by atoms with Gasteiger partial charge in [0.05, 0.1) is 33.3 Å². The molecule has 6 rings (SSSR count). The Labute approximate surface area is 324 Å². The third kappa shape index (κ3) is 10.2. The molecule has 20 heteroatoms. The van der Waals surface area contributed by atoms with E-state index in [4.69, 9.17) is 0 Å². The van der Waals surface area contributed by atoms with E-state index >= 15 is 0 Å². The van der Waals surface area contributed by atoms with Crippen LogP contribution in [0.5, 0.6) is 0 Å². The van der Waals surface area contributed by atoms with Gasteiger partial charge in [0.25, 0.3) is 0 Å². The number of hydrogen-bond acceptors (Lipinski definition) is 2. The van der Waals surface area contributed by atoms with Gasteiger partial charge in [0, 0.05) is 33.0 Å². The molecule has 0 N–H and O–H groups in total. The molecule has 0 spiro atoms. The number of hydrogen-bond donors (Lipinski definition) is 0. The van der Waals surface area contributed by atoms with Gasteiger partial charge in [-0.1, -0.05) is 72.2 Å². The fourth-order valence-electron chi connectivity index (χ4n) is 5.40. The topological polar surface area (TPSA) is 25.8 Å². The lowest BCUT2D eigenvalue weighted by atomic mass is 10.0. The number of nitrogens with zero attached hydrogens (tertiary/aromatic N) is 2. The highest BCUT2D eigenvalue weighted by molar-refractivity contribution is 5.89. The predicted molar refractivity (Wildman–Crippen MR) is 178 cm³/mol. The number of benzene rings is 4. The molecule has 4 aromatic carbocycles. The van der Waals surface area contributed by atoms with Gasteiger partial charge >= 0.3 is 37.1 Å². The molecule has 60 heavy (non-hydrogen) atoms. The minimum absolute atomic E-state index is 0.366. The average molecular weight is 867 g/mol. The van der Waals surface area contributed by atoms with Gasteiger partial charge in [-0.25, -0.2) is 9.97 Å². The maximum atomic E-state index is 13.2. The molecule has 0 bridgehead atoms. The molecule has 0 saturated carbocycles. The van der Waals surface area contributed by atoms with Crippen molar-refractivity contribution in [2.75, 3.05) is 0 Å². The minimum atomic E-state index is -5.09. The molecule has 0 fully saturated rings. The van der Waals surface area contributed by atoms with Crippen LogP contribution >= 0.6 is 0 Å². The van der Waals surface area contributed by atoms with E-state index in [1.165, 1.54) is 12.1 Å². The van der Waals surface area contributed by atoms with Crippen LogP contribution in [-0.4, -0.2) is 9.97 Å². The molecule has 2 aromatic heterocycles. The molecule has 312 valence electrons. The van der Waals surface area contributed by atoms with Gasteiger partial charge < -0.3 is 0 Å². The fraction of sp³-hybridized carbons (Fsp3) is 0.150. The minimum Gasteiger partial charge on any atom is -0.243 e. The third-order valence-electron chi connectivity index (χ3n) is 8.00. The first kappa shape index (κ1) is 44.7. The lowest BCUT2D eigenvalue weighted by Gasteiger charge is -2.13. The maximum absolute atomic E-state index is 13.2. The summed E-state index contributed by atoms with van der Waals surface area (Å²) < 4.78 is 237. The van der Waals surface area contributed by atoms with Crippen molar-refractivity contribution >= 4 is 21.8 Å². The third-order valence-corrected chi connectivity index (χ3v) is 8.00. The number of aromatic nitrogens is 2. The zero-order valence-electron chi connectivity index (χ0n) is 28.9. The fourth-order valence-corrected chi connectivity index (χ4v) is 5.40. The highest BCUT2D eigenvalue weighted by Crippen LogP contribution is 2.40. The number of fused-ring (bicyclic) bond motifs is 2. The van der Waals surface area contributed by atoms with E-state index in [1.54, 1.807) is 0 Å². The van der Waals surface area contributed by atoms with E-state index in [-0.39, 0.29) is 10.8 Å². The zero-order valence-corrected chi connectivity index (χ0v) is 28.9. The first-order valence-corrected chi connectivity index (χ1v) is 16.1. The van der Waals surface area contributed by atoms with Gasteiger partial charge in [-0.2, -0.15) is 79.0 Å². The lowest BCUT2D eigenvalue weighted by Crippen LogP contribution is -2.12. The standard InChI is InChI=1S/2C20H8F9N/c2*21-18(22,23)14-6-2-1-4-11(14)8-9-12-10-16(20(27,28)29)30-17-13(12)5-3-7-15(17)19(24,25)26/h2*1-7,10H. The Bertz CT molecular complexity index is 2510. The number of pyridine rings is 2. The summed E-state index contributed by atoms with van der Waals surface area (Å²) in [5.74, 6) is 8.54. The molecule has 0 unspecified atom stereocenters. The monoisotopic (exact) mass is 866 g/mol. The Morgan fingerprint density at radius 2 is 0.583 bits per heavy atom. The van der Waals surface area contributed by atoms with Gasteiger partial charge in [0.2, 0.25) is 0 Å². The SMILES string of the molecule is FC(F)(F)c1cc(C#Cc2ccccc2C(F)(F)F)c2cccc(C(F)(F)F)c2n1.FC(F)(F)c1cc(C#Cc2ccccc2C(F)(F)F)c2cccc(C(F)(F)F)c2n1. The predicted octanol–water partition coefficient (Wildman–Crippen LogP) is 13.4. The second-order valence-electron chi connectivity index (χ2n) is 12.1. The summed E-state index contributed by atoms with van der Waals surface area (Å²) >= 11 is 0. The summed E-state index contributed by atoms with van der Waals surface area (Å²) in [5, 5.41) is -0.732. The summed E-state index contributed by atoms with van der Waals surface area (Å²) in [6, 6.07) is 14.2. The number of halogens is 18. The Morgan fingerprint density at radius 1 is 0.300 bits per heavy atom. The molecule has 0 aliphatic carbocycles. The van der Waals surface area contributed by atoms with Crippen molar-refractivity contribution in [3.05, 3.63) is 153 Å². The van der Waals surface area contributed by atoms with Crippen LogP contribution in [-0.2, 0) is 37.1 Å². The van der Waals surface area contributed by atoms with Crippen LogP contribution in [0.2, 0.25) is 0 Å². The van der Waals surface area contributed by atoms with Crippen LogP contribution in [0.25, 0.3) is 21.8 Å². The molecular weight excluding hydrogens is 850 g/mol. The summed E-state index contributed by atoms with van der Waals surface area (Å²) in [6.45, 7) is 0. The summed E-state index contributed by atoms with van der Waals surface area (Å²) in [6.07, 6.45) is -29.7. The molecule has 0 saturated heterocycles. The number of para-hydroxylation sites is 2. The second-order valence-corrected chi connectivity index (χ2v) is 12.1. The summed E-state index contributed by atoms with van der Waals surface area (Å²) in [5.41, 5.74) is -12.5. The summed E-state index contributed by atoms with van der Waals surface area (Å²) in [7, 11) is 0. The molecule has 6 aromatic rings. The van der Waals surface area contributed by atoms with E-state index in [9.17, 15) is 79.0 Å². The van der Waals surface area contributed by atoms with Crippen molar-refractivity contribution in [3.8, 4) is 23.7 Å². The van der Waals surface area contributed by atoms with Crippen molar-refractivity contribution in [1.82, 2.24) is 9.97 Å². The van der Waals surface area contributed by atoms with E-state index in [1.807, 2.05) is 0 Å². The molecule has 2 heterocycles. The molecule has 0 atom stereocenters. The largest absolute Gasteiger partial charge is 0.433 e. The van der Waals surface area contributed by atoms with Gasteiger partial charge in [-0.3, -0.25) is 0 Å². The quantitative estimate of drug-likeness (QED) is 0.112. The maximum Gasteiger partial charge on any atom is 0.433 e. The van der Waals surface area contributed by atoms with Crippen molar-refractivity contribution in [1.29, 1.82) is 0 Å². The Balaban J connectivity index is 0.000000228. The van der Waals surface area contributed by atoms with Gasteiger partial charge in [0.15, 0.2) is 0 Å². The Morgan fingerprint density at radius 3 is 0.883 bits per heavy atom. The van der Waals surface area contributed by atoms with Crippen LogP contribution in [0.15, 0.2) is 97.1 Å². The highest BCUT2D eigenvalue weighted by atomic mass is 19.4. The number of alkyl halides is 18. The van der Waals surface area contributed by atoms with Crippen molar-refractivity contribution in [2.45, 2.75) is 37.1 Å². The van der Waals surface area contributed by atoms with Gasteiger partial charge in [-0.05, 0) is 48.5 Å². The molecular formula is C40H16F18N2. The van der Waals surface area contributed by atoms with Gasteiger partial charge in [-0.15, -0.1) is 0 Å². The van der Waals surface area contributed by atoms with Gasteiger partial charge in [0.1, 0.15) is 11.4 Å². The Hall–Kier alpha value is -6.44.